The van der Waals surface area contributed by atoms with Crippen molar-refractivity contribution in [3.8, 4) is 0 Å². The Morgan fingerprint density at radius 3 is 3.00 bits per heavy atom. The summed E-state index contributed by atoms with van der Waals surface area (Å²) >= 11 is 5.99. The molecular formula is C15H21ClN2O3. The average Bonchev–Trinajstić information content (AvgIpc) is 2.80. The largest absolute Gasteiger partial charge is 0.396 e. The molecule has 0 aromatic heterocycles. The lowest BCUT2D eigenvalue weighted by molar-refractivity contribution is -0.125. The van der Waals surface area contributed by atoms with Crippen molar-refractivity contribution in [2.24, 2.45) is 5.92 Å². The Morgan fingerprint density at radius 1 is 1.52 bits per heavy atom. The molecule has 1 aromatic carbocycles. The summed E-state index contributed by atoms with van der Waals surface area (Å²) in [5, 5.41) is 13.1. The number of halogens is 1. The van der Waals surface area contributed by atoms with Crippen LogP contribution in [0.25, 0.3) is 0 Å². The quantitative estimate of drug-likeness (QED) is 0.819. The van der Waals surface area contributed by atoms with Crippen molar-refractivity contribution in [3.05, 3.63) is 34.9 Å². The van der Waals surface area contributed by atoms with Crippen molar-refractivity contribution in [2.75, 3.05) is 33.4 Å². The topological polar surface area (TPSA) is 61.8 Å². The number of methoxy groups -OCH3 is 1. The lowest BCUT2D eigenvalue weighted by atomic mass is 10.1. The summed E-state index contributed by atoms with van der Waals surface area (Å²) in [5.74, 6) is -0.101. The van der Waals surface area contributed by atoms with Gasteiger partial charge in [0.25, 0.3) is 0 Å². The molecule has 1 fully saturated rings. The number of aliphatic hydroxyl groups is 1. The number of ether oxygens (including phenoxy) is 1. The van der Waals surface area contributed by atoms with Crippen molar-refractivity contribution in [1.82, 2.24) is 10.2 Å². The van der Waals surface area contributed by atoms with Crippen LogP contribution in [0.3, 0.4) is 0 Å². The second-order valence-corrected chi connectivity index (χ2v) is 5.81. The first kappa shape index (κ1) is 16.2. The minimum Gasteiger partial charge on any atom is -0.396 e. The van der Waals surface area contributed by atoms with E-state index >= 15 is 0 Å². The van der Waals surface area contributed by atoms with Gasteiger partial charge in [0.05, 0.1) is 0 Å². The summed E-state index contributed by atoms with van der Waals surface area (Å²) in [6.45, 7) is 2.33. The second-order valence-electron chi connectivity index (χ2n) is 5.37. The molecular weight excluding hydrogens is 292 g/mol. The molecule has 2 N–H and O–H groups in total. The zero-order valence-corrected chi connectivity index (χ0v) is 12.8. The lowest BCUT2D eigenvalue weighted by Gasteiger charge is -2.18. The van der Waals surface area contributed by atoms with Crippen LogP contribution in [0.1, 0.15) is 5.56 Å². The Hall–Kier alpha value is -1.14. The highest BCUT2D eigenvalue weighted by Crippen LogP contribution is 2.20. The molecule has 1 aliphatic rings. The maximum atomic E-state index is 11.6. The van der Waals surface area contributed by atoms with E-state index in [1.807, 2.05) is 24.3 Å². The average molecular weight is 313 g/mol. The van der Waals surface area contributed by atoms with E-state index < -0.39 is 0 Å². The van der Waals surface area contributed by atoms with Gasteiger partial charge in [-0.15, -0.1) is 0 Å². The molecule has 0 saturated carbocycles. The highest BCUT2D eigenvalue weighted by Gasteiger charge is 2.33. The Kier molecular flexibility index (Phi) is 5.99. The Bertz CT molecular complexity index is 484. The predicted octanol–water partition coefficient (Wildman–Crippen LogP) is 0.895. The van der Waals surface area contributed by atoms with Crippen molar-refractivity contribution < 1.29 is 14.6 Å². The number of hydrogen-bond donors (Lipinski definition) is 2. The number of benzene rings is 1. The molecule has 1 saturated heterocycles. The fourth-order valence-electron chi connectivity index (χ4n) is 2.71. The lowest BCUT2D eigenvalue weighted by Crippen LogP contribution is -2.43. The van der Waals surface area contributed by atoms with Gasteiger partial charge >= 0.3 is 0 Å². The number of carbonyl (C=O) groups is 1. The Labute approximate surface area is 129 Å². The number of nitrogens with one attached hydrogen (secondary N) is 1. The van der Waals surface area contributed by atoms with E-state index in [1.54, 1.807) is 0 Å². The highest BCUT2D eigenvalue weighted by atomic mass is 35.5. The van der Waals surface area contributed by atoms with Gasteiger partial charge in [0.15, 0.2) is 0 Å². The molecule has 2 rings (SSSR count). The van der Waals surface area contributed by atoms with Gasteiger partial charge in [-0.1, -0.05) is 23.7 Å². The number of nitrogens with zero attached hydrogens (tertiary/aromatic N) is 1. The number of hydrogen-bond acceptors (Lipinski definition) is 4. The number of carbonyl (C=O) groups excluding carboxylic acids is 1. The van der Waals surface area contributed by atoms with Crippen LogP contribution in [-0.2, 0) is 16.1 Å². The molecule has 0 bridgehead atoms. The van der Waals surface area contributed by atoms with Gasteiger partial charge in [-0.05, 0) is 17.7 Å². The van der Waals surface area contributed by atoms with Crippen LogP contribution in [0.4, 0.5) is 0 Å². The van der Waals surface area contributed by atoms with Gasteiger partial charge in [-0.2, -0.15) is 0 Å². The van der Waals surface area contributed by atoms with Crippen molar-refractivity contribution in [1.29, 1.82) is 0 Å². The van der Waals surface area contributed by atoms with Crippen LogP contribution in [0, 0.1) is 5.92 Å². The van der Waals surface area contributed by atoms with Crippen molar-refractivity contribution >= 4 is 17.5 Å². The van der Waals surface area contributed by atoms with Gasteiger partial charge in [0.2, 0.25) is 5.91 Å². The molecule has 0 radical (unpaired) electrons. The van der Waals surface area contributed by atoms with Crippen LogP contribution < -0.4 is 5.32 Å². The predicted molar refractivity (Wildman–Crippen MR) is 81.1 cm³/mol. The monoisotopic (exact) mass is 312 g/mol. The number of likely N-dealkylation sites (tertiary alicyclic amines) is 1. The SMILES string of the molecule is COCC(=O)NC1CN(Cc2cccc(Cl)c2)CC1CO. The molecule has 1 aromatic rings. The van der Waals surface area contributed by atoms with E-state index in [4.69, 9.17) is 16.3 Å². The standard InChI is InChI=1S/C15H21ClN2O3/c1-21-10-15(20)17-14-8-18(7-12(14)9-19)6-11-3-2-4-13(16)5-11/h2-5,12,14,19H,6-10H2,1H3,(H,17,20). The molecule has 0 aliphatic carbocycles. The van der Waals surface area contributed by atoms with E-state index in [0.29, 0.717) is 6.54 Å². The summed E-state index contributed by atoms with van der Waals surface area (Å²) in [6.07, 6.45) is 0. The third-order valence-corrected chi connectivity index (χ3v) is 3.90. The fraction of sp³-hybridized carbons (Fsp3) is 0.533. The van der Waals surface area contributed by atoms with Crippen LogP contribution in [0.5, 0.6) is 0 Å². The molecule has 2 unspecified atom stereocenters. The Morgan fingerprint density at radius 2 is 2.33 bits per heavy atom. The fourth-order valence-corrected chi connectivity index (χ4v) is 2.92. The zero-order chi connectivity index (χ0) is 15.2. The van der Waals surface area contributed by atoms with Crippen molar-refractivity contribution in [2.45, 2.75) is 12.6 Å². The van der Waals surface area contributed by atoms with E-state index in [9.17, 15) is 9.90 Å². The molecule has 1 heterocycles. The van der Waals surface area contributed by atoms with E-state index in [1.165, 1.54) is 7.11 Å². The van der Waals surface area contributed by atoms with E-state index in [0.717, 1.165) is 23.7 Å². The first-order valence-electron chi connectivity index (χ1n) is 6.98. The van der Waals surface area contributed by atoms with Crippen LogP contribution in [0.2, 0.25) is 5.02 Å². The number of aliphatic hydroxyl groups excluding tert-OH is 1. The maximum Gasteiger partial charge on any atom is 0.246 e. The second kappa shape index (κ2) is 7.75. The van der Waals surface area contributed by atoms with Gasteiger partial charge in [-0.25, -0.2) is 0 Å². The number of amides is 1. The van der Waals surface area contributed by atoms with Gasteiger partial charge in [0, 0.05) is 50.3 Å². The maximum absolute atomic E-state index is 11.6. The van der Waals surface area contributed by atoms with E-state index in [-0.39, 0.29) is 31.1 Å². The zero-order valence-electron chi connectivity index (χ0n) is 12.1. The van der Waals surface area contributed by atoms with Crippen LogP contribution in [0.15, 0.2) is 24.3 Å². The minimum atomic E-state index is -0.148. The van der Waals surface area contributed by atoms with Crippen LogP contribution in [-0.4, -0.2) is 55.4 Å². The van der Waals surface area contributed by atoms with Crippen LogP contribution >= 0.6 is 11.6 Å². The molecule has 1 amide bonds. The molecule has 0 spiro atoms. The summed E-state index contributed by atoms with van der Waals surface area (Å²) < 4.78 is 4.82. The first-order valence-corrected chi connectivity index (χ1v) is 7.36. The van der Waals surface area contributed by atoms with Gasteiger partial charge in [-0.3, -0.25) is 9.69 Å². The summed E-state index contributed by atoms with van der Waals surface area (Å²) in [7, 11) is 1.49. The third-order valence-electron chi connectivity index (χ3n) is 3.67. The molecule has 21 heavy (non-hydrogen) atoms. The van der Waals surface area contributed by atoms with E-state index in [2.05, 4.69) is 10.2 Å². The third kappa shape index (κ3) is 4.68. The highest BCUT2D eigenvalue weighted by molar-refractivity contribution is 6.30. The molecule has 2 atom stereocenters. The van der Waals surface area contributed by atoms with Gasteiger partial charge in [0.1, 0.15) is 6.61 Å². The summed E-state index contributed by atoms with van der Waals surface area (Å²) in [5.41, 5.74) is 1.13. The molecule has 1 aliphatic heterocycles. The summed E-state index contributed by atoms with van der Waals surface area (Å²) in [4.78, 5) is 13.8. The van der Waals surface area contributed by atoms with Crippen molar-refractivity contribution in [3.63, 3.8) is 0 Å². The smallest absolute Gasteiger partial charge is 0.246 e. The first-order chi connectivity index (χ1) is 10.1. The van der Waals surface area contributed by atoms with Gasteiger partial charge < -0.3 is 15.2 Å². The molecule has 5 nitrogen and oxygen atoms in total. The Balaban J connectivity index is 1.93. The summed E-state index contributed by atoms with van der Waals surface area (Å²) in [6, 6.07) is 7.69. The minimum absolute atomic E-state index is 0.0446. The molecule has 116 valence electrons. The number of rotatable bonds is 6. The normalized spacial score (nSPS) is 22.4. The molecule has 6 heteroatoms.